The molecule has 0 aliphatic rings. The molecule has 0 bridgehead atoms. The molecule has 0 saturated carbocycles. The molecule has 24 heavy (non-hydrogen) atoms. The number of nitrogens with one attached hydrogen (secondary N) is 1. The monoisotopic (exact) mass is 351 g/mol. The summed E-state index contributed by atoms with van der Waals surface area (Å²) in [6.07, 6.45) is 1.95. The number of rotatable bonds is 6. The van der Waals surface area contributed by atoms with Gasteiger partial charge in [0.05, 0.1) is 6.04 Å². The first-order valence-electron chi connectivity index (χ1n) is 7.41. The van der Waals surface area contributed by atoms with Gasteiger partial charge in [0.25, 0.3) is 5.91 Å². The summed E-state index contributed by atoms with van der Waals surface area (Å²) in [5.41, 5.74) is 2.18. The van der Waals surface area contributed by atoms with Crippen molar-refractivity contribution in [2.75, 3.05) is 6.26 Å². The molecular formula is C18H19F2NO2S. The Labute approximate surface area is 144 Å². The summed E-state index contributed by atoms with van der Waals surface area (Å²) in [7, 11) is 0. The van der Waals surface area contributed by atoms with Gasteiger partial charge < -0.3 is 10.1 Å². The lowest BCUT2D eigenvalue weighted by Crippen LogP contribution is -2.27. The van der Waals surface area contributed by atoms with Gasteiger partial charge in [0.15, 0.2) is 0 Å². The van der Waals surface area contributed by atoms with Crippen molar-refractivity contribution in [1.82, 2.24) is 5.32 Å². The average Bonchev–Trinajstić information content (AvgIpc) is 2.54. The average molecular weight is 351 g/mol. The molecule has 2 aromatic rings. The van der Waals surface area contributed by atoms with E-state index < -0.39 is 6.61 Å². The summed E-state index contributed by atoms with van der Waals surface area (Å²) >= 11 is 1.56. The van der Waals surface area contributed by atoms with Crippen LogP contribution in [0, 0.1) is 6.92 Å². The Balaban J connectivity index is 2.14. The maximum absolute atomic E-state index is 12.5. The van der Waals surface area contributed by atoms with Crippen molar-refractivity contribution < 1.29 is 18.3 Å². The highest BCUT2D eigenvalue weighted by molar-refractivity contribution is 7.98. The van der Waals surface area contributed by atoms with E-state index in [0.717, 1.165) is 10.5 Å². The van der Waals surface area contributed by atoms with E-state index in [-0.39, 0.29) is 17.7 Å². The number of carbonyl (C=O) groups is 1. The highest BCUT2D eigenvalue weighted by Gasteiger charge is 2.15. The fourth-order valence-electron chi connectivity index (χ4n) is 2.29. The van der Waals surface area contributed by atoms with Crippen molar-refractivity contribution in [2.24, 2.45) is 0 Å². The number of ether oxygens (including phenoxy) is 1. The van der Waals surface area contributed by atoms with Crippen LogP contribution in [-0.2, 0) is 0 Å². The lowest BCUT2D eigenvalue weighted by atomic mass is 10.1. The molecule has 2 rings (SSSR count). The fraction of sp³-hybridized carbons (Fsp3) is 0.278. The molecule has 1 atom stereocenters. The number of hydrogen-bond acceptors (Lipinski definition) is 3. The molecule has 128 valence electrons. The minimum absolute atomic E-state index is 0.0733. The van der Waals surface area contributed by atoms with Crippen LogP contribution >= 0.6 is 11.8 Å². The van der Waals surface area contributed by atoms with E-state index in [1.807, 2.05) is 31.4 Å². The molecule has 0 spiro atoms. The standard InChI is InChI=1S/C18H19F2NO2S/c1-11-7-8-15(24-3)10-16(11)17(22)21-12(2)13-5-4-6-14(9-13)23-18(19)20/h4-10,12,18H,1-3H3,(H,21,22). The Morgan fingerprint density at radius 3 is 2.62 bits per heavy atom. The second-order valence-corrected chi connectivity index (χ2v) is 6.21. The first-order valence-corrected chi connectivity index (χ1v) is 8.63. The minimum Gasteiger partial charge on any atom is -0.435 e. The van der Waals surface area contributed by atoms with Crippen molar-refractivity contribution in [3.05, 3.63) is 59.2 Å². The van der Waals surface area contributed by atoms with Gasteiger partial charge in [-0.05, 0) is 55.5 Å². The predicted octanol–water partition coefficient (Wildman–Crippen LogP) is 4.81. The summed E-state index contributed by atoms with van der Waals surface area (Å²) in [6, 6.07) is 11.7. The molecule has 0 radical (unpaired) electrons. The van der Waals surface area contributed by atoms with E-state index in [4.69, 9.17) is 0 Å². The zero-order valence-electron chi connectivity index (χ0n) is 13.7. The topological polar surface area (TPSA) is 38.3 Å². The van der Waals surface area contributed by atoms with Gasteiger partial charge in [-0.2, -0.15) is 8.78 Å². The van der Waals surface area contributed by atoms with Crippen LogP contribution in [-0.4, -0.2) is 18.8 Å². The first-order chi connectivity index (χ1) is 11.4. The van der Waals surface area contributed by atoms with Crippen LogP contribution in [0.5, 0.6) is 5.75 Å². The van der Waals surface area contributed by atoms with E-state index in [1.165, 1.54) is 12.1 Å². The molecular weight excluding hydrogens is 332 g/mol. The molecule has 0 fully saturated rings. The van der Waals surface area contributed by atoms with Crippen molar-refractivity contribution >= 4 is 17.7 Å². The summed E-state index contributed by atoms with van der Waals surface area (Å²) in [5, 5.41) is 2.89. The summed E-state index contributed by atoms with van der Waals surface area (Å²) in [6.45, 7) is 0.801. The molecule has 1 amide bonds. The number of alkyl halides is 2. The fourth-order valence-corrected chi connectivity index (χ4v) is 2.73. The zero-order chi connectivity index (χ0) is 17.7. The van der Waals surface area contributed by atoms with Gasteiger partial charge in [0.2, 0.25) is 0 Å². The van der Waals surface area contributed by atoms with E-state index in [0.29, 0.717) is 11.1 Å². The first kappa shape index (κ1) is 18.3. The molecule has 0 heterocycles. The highest BCUT2D eigenvalue weighted by Crippen LogP contribution is 2.23. The van der Waals surface area contributed by atoms with Crippen LogP contribution < -0.4 is 10.1 Å². The Kier molecular flexibility index (Phi) is 6.20. The van der Waals surface area contributed by atoms with Gasteiger partial charge in [-0.25, -0.2) is 0 Å². The molecule has 0 saturated heterocycles. The minimum atomic E-state index is -2.87. The van der Waals surface area contributed by atoms with Crippen LogP contribution in [0.1, 0.15) is 34.5 Å². The third-order valence-corrected chi connectivity index (χ3v) is 4.35. The van der Waals surface area contributed by atoms with E-state index >= 15 is 0 Å². The Bertz CT molecular complexity index is 722. The number of amides is 1. The molecule has 6 heteroatoms. The Morgan fingerprint density at radius 1 is 1.21 bits per heavy atom. The second kappa shape index (κ2) is 8.15. The molecule has 3 nitrogen and oxygen atoms in total. The second-order valence-electron chi connectivity index (χ2n) is 5.33. The number of aryl methyl sites for hydroxylation is 1. The lowest BCUT2D eigenvalue weighted by molar-refractivity contribution is -0.0499. The van der Waals surface area contributed by atoms with E-state index in [9.17, 15) is 13.6 Å². The molecule has 1 unspecified atom stereocenters. The van der Waals surface area contributed by atoms with Crippen LogP contribution in [0.4, 0.5) is 8.78 Å². The molecule has 0 aliphatic heterocycles. The summed E-state index contributed by atoms with van der Waals surface area (Å²) < 4.78 is 29.0. The van der Waals surface area contributed by atoms with Crippen LogP contribution in [0.25, 0.3) is 0 Å². The molecule has 0 aliphatic carbocycles. The third kappa shape index (κ3) is 4.71. The van der Waals surface area contributed by atoms with E-state index in [2.05, 4.69) is 10.1 Å². The van der Waals surface area contributed by atoms with Crippen LogP contribution in [0.2, 0.25) is 0 Å². The SMILES string of the molecule is CSc1ccc(C)c(C(=O)NC(C)c2cccc(OC(F)F)c2)c1. The normalized spacial score (nSPS) is 12.1. The van der Waals surface area contributed by atoms with Gasteiger partial charge in [-0.15, -0.1) is 11.8 Å². The van der Waals surface area contributed by atoms with Crippen molar-refractivity contribution in [3.63, 3.8) is 0 Å². The summed E-state index contributed by atoms with van der Waals surface area (Å²) in [4.78, 5) is 13.5. The number of thioether (sulfide) groups is 1. The van der Waals surface area contributed by atoms with Crippen LogP contribution in [0.3, 0.4) is 0 Å². The van der Waals surface area contributed by atoms with Gasteiger partial charge in [0, 0.05) is 10.5 Å². The maximum Gasteiger partial charge on any atom is 0.387 e. The van der Waals surface area contributed by atoms with Crippen molar-refractivity contribution in [3.8, 4) is 5.75 Å². The maximum atomic E-state index is 12.5. The quantitative estimate of drug-likeness (QED) is 0.759. The zero-order valence-corrected chi connectivity index (χ0v) is 14.5. The highest BCUT2D eigenvalue weighted by atomic mass is 32.2. The van der Waals surface area contributed by atoms with Gasteiger partial charge in [0.1, 0.15) is 5.75 Å². The number of halogens is 2. The van der Waals surface area contributed by atoms with Crippen molar-refractivity contribution in [1.29, 1.82) is 0 Å². The van der Waals surface area contributed by atoms with Gasteiger partial charge in [-0.3, -0.25) is 4.79 Å². The third-order valence-electron chi connectivity index (χ3n) is 3.62. The smallest absolute Gasteiger partial charge is 0.387 e. The Morgan fingerprint density at radius 2 is 1.96 bits per heavy atom. The number of hydrogen-bond donors (Lipinski definition) is 1. The van der Waals surface area contributed by atoms with Gasteiger partial charge >= 0.3 is 6.61 Å². The van der Waals surface area contributed by atoms with E-state index in [1.54, 1.807) is 30.8 Å². The lowest BCUT2D eigenvalue weighted by Gasteiger charge is -2.17. The van der Waals surface area contributed by atoms with Gasteiger partial charge in [-0.1, -0.05) is 18.2 Å². The van der Waals surface area contributed by atoms with Crippen molar-refractivity contribution in [2.45, 2.75) is 31.4 Å². The predicted molar refractivity (Wildman–Crippen MR) is 91.9 cm³/mol. The molecule has 2 aromatic carbocycles. The molecule has 0 aromatic heterocycles. The largest absolute Gasteiger partial charge is 0.435 e. The number of benzene rings is 2. The van der Waals surface area contributed by atoms with Crippen LogP contribution in [0.15, 0.2) is 47.4 Å². The number of carbonyl (C=O) groups excluding carboxylic acids is 1. The molecule has 1 N–H and O–H groups in total. The summed E-state index contributed by atoms with van der Waals surface area (Å²) in [5.74, 6) is -0.125. The Hall–Kier alpha value is -2.08.